The first-order valence-electron chi connectivity index (χ1n) is 6.07. The topological polar surface area (TPSA) is 96.1 Å². The van der Waals surface area contributed by atoms with Crippen LogP contribution in [0, 0.1) is 0 Å². The van der Waals surface area contributed by atoms with Crippen molar-refractivity contribution in [2.75, 3.05) is 17.3 Å². The van der Waals surface area contributed by atoms with Crippen molar-refractivity contribution in [2.45, 2.75) is 37.6 Å². The third-order valence-electron chi connectivity index (χ3n) is 3.37. The monoisotopic (exact) mass is 271 g/mol. The summed E-state index contributed by atoms with van der Waals surface area (Å²) in [5, 5.41) is 13.3. The van der Waals surface area contributed by atoms with E-state index < -0.39 is 0 Å². The molecule has 100 valence electrons. The van der Waals surface area contributed by atoms with Crippen molar-refractivity contribution < 1.29 is 5.11 Å². The standard InChI is InChI=1S/C11H18ClN5O/c12-8-6-14-10(17-13)15-9(8)16-11(7-18)4-2-1-3-5-11/h6,18H,1-5,7,13H2,(H2,14,15,16,17). The first-order valence-corrected chi connectivity index (χ1v) is 6.45. The lowest BCUT2D eigenvalue weighted by Crippen LogP contribution is -2.44. The molecule has 5 N–H and O–H groups in total. The number of nitrogens with one attached hydrogen (secondary N) is 2. The Kier molecular flexibility index (Phi) is 4.21. The zero-order valence-corrected chi connectivity index (χ0v) is 10.9. The summed E-state index contributed by atoms with van der Waals surface area (Å²) in [5.41, 5.74) is 2.05. The summed E-state index contributed by atoms with van der Waals surface area (Å²) < 4.78 is 0. The number of aliphatic hydroxyl groups excluding tert-OH is 1. The van der Waals surface area contributed by atoms with Gasteiger partial charge in [0.15, 0.2) is 5.82 Å². The second-order valence-corrected chi connectivity index (χ2v) is 5.07. The third kappa shape index (κ3) is 2.82. The van der Waals surface area contributed by atoms with Crippen molar-refractivity contribution in [2.24, 2.45) is 5.84 Å². The number of halogens is 1. The van der Waals surface area contributed by atoms with Crippen LogP contribution in [-0.4, -0.2) is 27.2 Å². The second-order valence-electron chi connectivity index (χ2n) is 4.66. The highest BCUT2D eigenvalue weighted by Crippen LogP contribution is 2.33. The van der Waals surface area contributed by atoms with Crippen LogP contribution in [0.2, 0.25) is 5.02 Å². The van der Waals surface area contributed by atoms with Crippen LogP contribution in [0.15, 0.2) is 6.20 Å². The fourth-order valence-electron chi connectivity index (χ4n) is 2.33. The Morgan fingerprint density at radius 1 is 1.39 bits per heavy atom. The van der Waals surface area contributed by atoms with Gasteiger partial charge in [-0.1, -0.05) is 30.9 Å². The number of aromatic nitrogens is 2. The number of aliphatic hydroxyl groups is 1. The third-order valence-corrected chi connectivity index (χ3v) is 3.65. The fourth-order valence-corrected chi connectivity index (χ4v) is 2.46. The Morgan fingerprint density at radius 3 is 2.72 bits per heavy atom. The van der Waals surface area contributed by atoms with E-state index in [9.17, 15) is 5.11 Å². The fraction of sp³-hybridized carbons (Fsp3) is 0.636. The lowest BCUT2D eigenvalue weighted by Gasteiger charge is -2.37. The summed E-state index contributed by atoms with van der Waals surface area (Å²) in [5.74, 6) is 6.08. The van der Waals surface area contributed by atoms with Crippen molar-refractivity contribution >= 4 is 23.4 Å². The molecular formula is C11H18ClN5O. The van der Waals surface area contributed by atoms with Crippen LogP contribution in [0.3, 0.4) is 0 Å². The minimum absolute atomic E-state index is 0.0682. The molecule has 1 aromatic rings. The van der Waals surface area contributed by atoms with Gasteiger partial charge in [0.2, 0.25) is 5.95 Å². The summed E-state index contributed by atoms with van der Waals surface area (Å²) in [7, 11) is 0. The average molecular weight is 272 g/mol. The smallest absolute Gasteiger partial charge is 0.239 e. The zero-order valence-electron chi connectivity index (χ0n) is 10.1. The molecule has 0 saturated heterocycles. The molecule has 2 rings (SSSR count). The van der Waals surface area contributed by atoms with Gasteiger partial charge < -0.3 is 10.4 Å². The van der Waals surface area contributed by atoms with Gasteiger partial charge in [-0.3, -0.25) is 5.43 Å². The molecule has 1 fully saturated rings. The molecule has 6 nitrogen and oxygen atoms in total. The number of rotatable bonds is 4. The maximum atomic E-state index is 9.63. The molecule has 1 aliphatic rings. The molecule has 0 radical (unpaired) electrons. The summed E-state index contributed by atoms with van der Waals surface area (Å²) in [6.07, 6.45) is 6.71. The Hall–Kier alpha value is -1.11. The van der Waals surface area contributed by atoms with E-state index in [1.807, 2.05) is 0 Å². The minimum atomic E-state index is -0.331. The van der Waals surface area contributed by atoms with Gasteiger partial charge in [0.05, 0.1) is 18.3 Å². The van der Waals surface area contributed by atoms with Crippen molar-refractivity contribution in [1.82, 2.24) is 9.97 Å². The molecule has 0 atom stereocenters. The van der Waals surface area contributed by atoms with Gasteiger partial charge in [-0.05, 0) is 12.8 Å². The maximum Gasteiger partial charge on any atom is 0.239 e. The number of hydrazine groups is 1. The predicted molar refractivity (Wildman–Crippen MR) is 71.4 cm³/mol. The van der Waals surface area contributed by atoms with Crippen LogP contribution in [0.25, 0.3) is 0 Å². The molecule has 0 bridgehead atoms. The van der Waals surface area contributed by atoms with Crippen LogP contribution < -0.4 is 16.6 Å². The largest absolute Gasteiger partial charge is 0.394 e. The van der Waals surface area contributed by atoms with Crippen molar-refractivity contribution in [1.29, 1.82) is 0 Å². The number of hydrogen-bond donors (Lipinski definition) is 4. The Bertz CT molecular complexity index is 408. The number of nitrogens with two attached hydrogens (primary N) is 1. The summed E-state index contributed by atoms with van der Waals surface area (Å²) in [6, 6.07) is 0. The summed E-state index contributed by atoms with van der Waals surface area (Å²) >= 11 is 6.05. The molecule has 18 heavy (non-hydrogen) atoms. The minimum Gasteiger partial charge on any atom is -0.394 e. The summed E-state index contributed by atoms with van der Waals surface area (Å²) in [6.45, 7) is 0.0682. The molecule has 0 spiro atoms. The first kappa shape index (κ1) is 13.3. The highest BCUT2D eigenvalue weighted by atomic mass is 35.5. The van der Waals surface area contributed by atoms with E-state index in [0.717, 1.165) is 25.7 Å². The second kappa shape index (κ2) is 5.69. The number of nitrogen functional groups attached to an aromatic ring is 1. The van der Waals surface area contributed by atoms with E-state index in [1.54, 1.807) is 0 Å². The highest BCUT2D eigenvalue weighted by Gasteiger charge is 2.32. The van der Waals surface area contributed by atoms with Crippen molar-refractivity contribution in [3.05, 3.63) is 11.2 Å². The molecular weight excluding hydrogens is 254 g/mol. The normalized spacial score (nSPS) is 18.4. The van der Waals surface area contributed by atoms with Crippen molar-refractivity contribution in [3.63, 3.8) is 0 Å². The summed E-state index contributed by atoms with van der Waals surface area (Å²) in [4.78, 5) is 8.09. The van der Waals surface area contributed by atoms with Crippen LogP contribution >= 0.6 is 11.6 Å². The van der Waals surface area contributed by atoms with E-state index in [1.165, 1.54) is 12.6 Å². The van der Waals surface area contributed by atoms with Crippen LogP contribution in [0.4, 0.5) is 11.8 Å². The van der Waals surface area contributed by atoms with Gasteiger partial charge in [0, 0.05) is 0 Å². The molecule has 0 aliphatic heterocycles. The molecule has 1 aliphatic carbocycles. The Labute approximate surface area is 111 Å². The average Bonchev–Trinajstić information content (AvgIpc) is 2.42. The number of hydrogen-bond acceptors (Lipinski definition) is 6. The highest BCUT2D eigenvalue weighted by molar-refractivity contribution is 6.32. The van der Waals surface area contributed by atoms with E-state index in [-0.39, 0.29) is 12.1 Å². The van der Waals surface area contributed by atoms with Crippen molar-refractivity contribution in [3.8, 4) is 0 Å². The van der Waals surface area contributed by atoms with Gasteiger partial charge >= 0.3 is 0 Å². The van der Waals surface area contributed by atoms with E-state index in [0.29, 0.717) is 16.8 Å². The Morgan fingerprint density at radius 2 is 2.11 bits per heavy atom. The maximum absolute atomic E-state index is 9.63. The van der Waals surface area contributed by atoms with Gasteiger partial charge in [0.1, 0.15) is 5.02 Å². The van der Waals surface area contributed by atoms with Crippen LogP contribution in [0.1, 0.15) is 32.1 Å². The number of nitrogens with zero attached hydrogens (tertiary/aromatic N) is 2. The SMILES string of the molecule is NNc1ncc(Cl)c(NC2(CO)CCCCC2)n1. The first-order chi connectivity index (χ1) is 8.69. The van der Waals surface area contributed by atoms with Crippen LogP contribution in [-0.2, 0) is 0 Å². The Balaban J connectivity index is 2.20. The number of anilines is 2. The molecule has 1 saturated carbocycles. The lowest BCUT2D eigenvalue weighted by molar-refractivity contribution is 0.172. The molecule has 0 unspecified atom stereocenters. The molecule has 0 amide bonds. The van der Waals surface area contributed by atoms with Gasteiger partial charge in [-0.2, -0.15) is 4.98 Å². The quantitative estimate of drug-likeness (QED) is 0.490. The van der Waals surface area contributed by atoms with E-state index >= 15 is 0 Å². The van der Waals surface area contributed by atoms with E-state index in [2.05, 4.69) is 20.7 Å². The van der Waals surface area contributed by atoms with Gasteiger partial charge in [0.25, 0.3) is 0 Å². The molecule has 7 heteroatoms. The van der Waals surface area contributed by atoms with Gasteiger partial charge in [-0.15, -0.1) is 0 Å². The molecule has 1 aromatic heterocycles. The van der Waals surface area contributed by atoms with E-state index in [4.69, 9.17) is 17.4 Å². The van der Waals surface area contributed by atoms with Crippen LogP contribution in [0.5, 0.6) is 0 Å². The predicted octanol–water partition coefficient (Wildman–Crippen LogP) is 1.52. The zero-order chi connectivity index (χ0) is 13.0. The lowest BCUT2D eigenvalue weighted by atomic mass is 9.82. The molecule has 1 heterocycles. The molecule has 0 aromatic carbocycles. The van der Waals surface area contributed by atoms with Gasteiger partial charge in [-0.25, -0.2) is 10.8 Å².